The van der Waals surface area contributed by atoms with Crippen molar-refractivity contribution < 1.29 is 0 Å². The van der Waals surface area contributed by atoms with Gasteiger partial charge in [-0.05, 0) is 44.1 Å². The van der Waals surface area contributed by atoms with Crippen molar-refractivity contribution in [1.29, 1.82) is 0 Å². The fourth-order valence-electron chi connectivity index (χ4n) is 1.49. The van der Waals surface area contributed by atoms with Gasteiger partial charge in [-0.1, -0.05) is 32.6 Å². The highest BCUT2D eigenvalue weighted by atomic mass is 32.2. The molecule has 1 aliphatic heterocycles. The molecule has 1 saturated heterocycles. The Morgan fingerprint density at radius 3 is 1.81 bits per heavy atom. The van der Waals surface area contributed by atoms with E-state index in [1.807, 2.05) is 23.5 Å². The highest BCUT2D eigenvalue weighted by Crippen LogP contribution is 2.53. The summed E-state index contributed by atoms with van der Waals surface area (Å²) in [6.07, 6.45) is 1.32. The number of hydrogen-bond donors (Lipinski definition) is 0. The van der Waals surface area contributed by atoms with Crippen LogP contribution in [-0.4, -0.2) is 15.6 Å². The van der Waals surface area contributed by atoms with E-state index in [0.717, 1.165) is 0 Å². The fourth-order valence-corrected chi connectivity index (χ4v) is 4.78. The van der Waals surface area contributed by atoms with Gasteiger partial charge in [0, 0.05) is 5.41 Å². The summed E-state index contributed by atoms with van der Waals surface area (Å²) < 4.78 is 0.0958. The first-order valence-electron chi connectivity index (χ1n) is 5.99. The van der Waals surface area contributed by atoms with Crippen molar-refractivity contribution in [1.82, 2.24) is 0 Å². The van der Waals surface area contributed by atoms with Crippen molar-refractivity contribution in [2.45, 2.75) is 52.0 Å². The normalized spacial score (nSPS) is 21.1. The lowest BCUT2D eigenvalue weighted by atomic mass is 9.89. The molecule has 0 N–H and O–H groups in total. The Balaban J connectivity index is 2.99. The summed E-state index contributed by atoms with van der Waals surface area (Å²) >= 11 is 4.10. The van der Waals surface area contributed by atoms with Gasteiger partial charge in [0.05, 0.1) is 0 Å². The maximum absolute atomic E-state index is 3.59. The van der Waals surface area contributed by atoms with Crippen LogP contribution in [0.3, 0.4) is 0 Å². The Morgan fingerprint density at radius 2 is 1.44 bits per heavy atom. The molecule has 16 heavy (non-hydrogen) atoms. The van der Waals surface area contributed by atoms with E-state index in [0.29, 0.717) is 0 Å². The minimum absolute atomic E-state index is 0.0958. The second-order valence-electron chi connectivity index (χ2n) is 6.42. The molecule has 0 atom stereocenters. The van der Waals surface area contributed by atoms with E-state index in [-0.39, 0.29) is 14.9 Å². The molecule has 0 saturated carbocycles. The molecule has 0 aromatic carbocycles. The zero-order valence-electron chi connectivity index (χ0n) is 11.4. The van der Waals surface area contributed by atoms with E-state index in [2.05, 4.69) is 53.4 Å². The summed E-state index contributed by atoms with van der Waals surface area (Å²) in [5.74, 6) is 9.54. The molecule has 1 fully saturated rings. The van der Waals surface area contributed by atoms with Gasteiger partial charge < -0.3 is 0 Å². The van der Waals surface area contributed by atoms with Crippen LogP contribution in [0.4, 0.5) is 0 Å². The third kappa shape index (κ3) is 3.64. The smallest absolute Gasteiger partial charge is 0.127 e. The van der Waals surface area contributed by atoms with Crippen LogP contribution in [0.25, 0.3) is 0 Å². The summed E-state index contributed by atoms with van der Waals surface area (Å²) in [6, 6.07) is 0. The summed E-state index contributed by atoms with van der Waals surface area (Å²) in [6.45, 7) is 13.5. The van der Waals surface area contributed by atoms with Gasteiger partial charge in [-0.25, -0.2) is 0 Å². The first-order chi connectivity index (χ1) is 7.16. The minimum atomic E-state index is 0.0958. The molecule has 0 amide bonds. The maximum atomic E-state index is 3.59. The third-order valence-electron chi connectivity index (χ3n) is 2.49. The minimum Gasteiger partial charge on any atom is -0.131 e. The predicted octanol–water partition coefficient (Wildman–Crippen LogP) is 4.65. The predicted molar refractivity (Wildman–Crippen MR) is 79.0 cm³/mol. The topological polar surface area (TPSA) is 0 Å². The van der Waals surface area contributed by atoms with Crippen LogP contribution in [0.5, 0.6) is 0 Å². The zero-order chi connectivity index (χ0) is 12.4. The SMILES string of the molecule is CC(C)(C)C#CC1(C(C)(C)C)SCCCS1. The Hall–Kier alpha value is 0.260. The molecule has 0 radical (unpaired) electrons. The van der Waals surface area contributed by atoms with Crippen molar-refractivity contribution >= 4 is 23.5 Å². The van der Waals surface area contributed by atoms with Gasteiger partial charge in [-0.15, -0.1) is 23.5 Å². The highest BCUT2D eigenvalue weighted by Gasteiger charge is 2.43. The second kappa shape index (κ2) is 4.86. The number of thioether (sulfide) groups is 2. The van der Waals surface area contributed by atoms with E-state index in [4.69, 9.17) is 0 Å². The zero-order valence-corrected chi connectivity index (χ0v) is 13.1. The molecule has 92 valence electrons. The first kappa shape index (κ1) is 14.3. The van der Waals surface area contributed by atoms with Gasteiger partial charge in [0.25, 0.3) is 0 Å². The molecule has 0 aromatic rings. The molecule has 2 heteroatoms. The Morgan fingerprint density at radius 1 is 0.938 bits per heavy atom. The number of rotatable bonds is 0. The molecule has 1 aliphatic rings. The van der Waals surface area contributed by atoms with Crippen LogP contribution in [0, 0.1) is 22.7 Å². The molecule has 0 unspecified atom stereocenters. The molecule has 0 spiro atoms. The van der Waals surface area contributed by atoms with Crippen molar-refractivity contribution in [2.75, 3.05) is 11.5 Å². The van der Waals surface area contributed by atoms with Crippen LogP contribution in [0.2, 0.25) is 0 Å². The van der Waals surface area contributed by atoms with E-state index in [9.17, 15) is 0 Å². The summed E-state index contributed by atoms with van der Waals surface area (Å²) in [4.78, 5) is 0. The molecular formula is C14H24S2. The van der Waals surface area contributed by atoms with Gasteiger partial charge in [-0.3, -0.25) is 0 Å². The Bertz CT molecular complexity index is 287. The average Bonchev–Trinajstić information content (AvgIpc) is 2.13. The van der Waals surface area contributed by atoms with Gasteiger partial charge in [0.1, 0.15) is 4.08 Å². The lowest BCUT2D eigenvalue weighted by Crippen LogP contribution is -2.38. The largest absolute Gasteiger partial charge is 0.131 e. The van der Waals surface area contributed by atoms with Crippen molar-refractivity contribution in [3.8, 4) is 11.8 Å². The quantitative estimate of drug-likeness (QED) is 0.579. The summed E-state index contributed by atoms with van der Waals surface area (Å²) in [7, 11) is 0. The maximum Gasteiger partial charge on any atom is 0.127 e. The van der Waals surface area contributed by atoms with E-state index >= 15 is 0 Å². The average molecular weight is 256 g/mol. The molecule has 0 nitrogen and oxygen atoms in total. The molecule has 1 rings (SSSR count). The lowest BCUT2D eigenvalue weighted by Gasteiger charge is -2.42. The third-order valence-corrected chi connectivity index (χ3v) is 6.42. The standard InChI is InChI=1S/C14H24S2/c1-12(2,3)8-9-14(13(4,5)6)15-10-7-11-16-14/h7,10-11H2,1-6H3. The van der Waals surface area contributed by atoms with Gasteiger partial charge in [0.15, 0.2) is 0 Å². The van der Waals surface area contributed by atoms with Crippen LogP contribution in [-0.2, 0) is 0 Å². The van der Waals surface area contributed by atoms with Gasteiger partial charge >= 0.3 is 0 Å². The van der Waals surface area contributed by atoms with Crippen molar-refractivity contribution in [3.63, 3.8) is 0 Å². The van der Waals surface area contributed by atoms with Crippen molar-refractivity contribution in [3.05, 3.63) is 0 Å². The summed E-state index contributed by atoms with van der Waals surface area (Å²) in [5.41, 5.74) is 0.345. The molecule has 0 aromatic heterocycles. The van der Waals surface area contributed by atoms with E-state index in [1.165, 1.54) is 17.9 Å². The van der Waals surface area contributed by atoms with Crippen molar-refractivity contribution in [2.24, 2.45) is 10.8 Å². The van der Waals surface area contributed by atoms with Gasteiger partial charge in [0.2, 0.25) is 0 Å². The highest BCUT2D eigenvalue weighted by molar-refractivity contribution is 8.19. The van der Waals surface area contributed by atoms with Gasteiger partial charge in [-0.2, -0.15) is 0 Å². The van der Waals surface area contributed by atoms with Crippen LogP contribution >= 0.6 is 23.5 Å². The monoisotopic (exact) mass is 256 g/mol. The number of hydrogen-bond acceptors (Lipinski definition) is 2. The van der Waals surface area contributed by atoms with E-state index in [1.54, 1.807) is 0 Å². The Labute approximate surface area is 110 Å². The van der Waals surface area contributed by atoms with Crippen LogP contribution < -0.4 is 0 Å². The van der Waals surface area contributed by atoms with Crippen LogP contribution in [0.1, 0.15) is 48.0 Å². The molecule has 0 aliphatic carbocycles. The molecule has 0 bridgehead atoms. The lowest BCUT2D eigenvalue weighted by molar-refractivity contribution is 0.413. The second-order valence-corrected chi connectivity index (χ2v) is 9.29. The first-order valence-corrected chi connectivity index (χ1v) is 7.96. The summed E-state index contributed by atoms with van der Waals surface area (Å²) in [5, 5.41) is 0. The Kier molecular flexibility index (Phi) is 4.35. The van der Waals surface area contributed by atoms with Crippen LogP contribution in [0.15, 0.2) is 0 Å². The fraction of sp³-hybridized carbons (Fsp3) is 0.857. The van der Waals surface area contributed by atoms with E-state index < -0.39 is 0 Å². The molecule has 1 heterocycles. The molecular weight excluding hydrogens is 232 g/mol.